The van der Waals surface area contributed by atoms with Gasteiger partial charge in [0.2, 0.25) is 0 Å². The van der Waals surface area contributed by atoms with Gasteiger partial charge in [0.25, 0.3) is 0 Å². The summed E-state index contributed by atoms with van der Waals surface area (Å²) in [4.78, 5) is 0. The summed E-state index contributed by atoms with van der Waals surface area (Å²) in [7, 11) is 0. The first-order valence-corrected chi connectivity index (χ1v) is 6.96. The molecule has 3 heteroatoms. The SMILES string of the molecule is CCC(CO)(CO)NC(C)c1c(C)cc(C)cc1C. The van der Waals surface area contributed by atoms with Crippen molar-refractivity contribution in [3.63, 3.8) is 0 Å². The minimum Gasteiger partial charge on any atom is -0.394 e. The molecule has 1 aromatic carbocycles. The summed E-state index contributed by atoms with van der Waals surface area (Å²) >= 11 is 0. The molecule has 0 bridgehead atoms. The van der Waals surface area contributed by atoms with E-state index >= 15 is 0 Å². The summed E-state index contributed by atoms with van der Waals surface area (Å²) in [5.41, 5.74) is 4.41. The Kier molecular flexibility index (Phi) is 5.53. The van der Waals surface area contributed by atoms with Gasteiger partial charge in [0.1, 0.15) is 0 Å². The minimum atomic E-state index is -0.608. The first kappa shape index (κ1) is 16.2. The summed E-state index contributed by atoms with van der Waals surface area (Å²) in [5.74, 6) is 0. The van der Waals surface area contributed by atoms with Crippen molar-refractivity contribution in [3.05, 3.63) is 34.4 Å². The number of hydrogen-bond acceptors (Lipinski definition) is 3. The molecule has 0 amide bonds. The Bertz CT molecular complexity index is 393. The van der Waals surface area contributed by atoms with Gasteiger partial charge in [-0.1, -0.05) is 24.6 Å². The van der Waals surface area contributed by atoms with Crippen molar-refractivity contribution in [1.82, 2.24) is 5.32 Å². The van der Waals surface area contributed by atoms with Crippen molar-refractivity contribution in [2.24, 2.45) is 0 Å². The molecule has 0 radical (unpaired) electrons. The molecule has 1 rings (SSSR count). The van der Waals surface area contributed by atoms with Gasteiger partial charge in [-0.15, -0.1) is 0 Å². The van der Waals surface area contributed by atoms with Crippen molar-refractivity contribution < 1.29 is 10.2 Å². The molecule has 0 aliphatic carbocycles. The predicted octanol–water partition coefficient (Wildman–Crippen LogP) is 2.40. The van der Waals surface area contributed by atoms with Crippen LogP contribution in [0.1, 0.15) is 48.6 Å². The maximum atomic E-state index is 9.53. The van der Waals surface area contributed by atoms with E-state index in [2.05, 4.69) is 45.1 Å². The molecule has 0 heterocycles. The zero-order chi connectivity index (χ0) is 14.6. The van der Waals surface area contributed by atoms with E-state index in [1.807, 2.05) is 6.92 Å². The molecule has 0 fully saturated rings. The van der Waals surface area contributed by atoms with Gasteiger partial charge in [0.05, 0.1) is 18.8 Å². The van der Waals surface area contributed by atoms with Crippen molar-refractivity contribution in [3.8, 4) is 0 Å². The van der Waals surface area contributed by atoms with Crippen LogP contribution in [0.5, 0.6) is 0 Å². The summed E-state index contributed by atoms with van der Waals surface area (Å²) in [6.45, 7) is 10.3. The summed E-state index contributed by atoms with van der Waals surface area (Å²) < 4.78 is 0. The normalized spacial score (nSPS) is 13.6. The zero-order valence-electron chi connectivity index (χ0n) is 12.7. The van der Waals surface area contributed by atoms with E-state index in [9.17, 15) is 10.2 Å². The van der Waals surface area contributed by atoms with Crippen LogP contribution >= 0.6 is 0 Å². The second-order valence-electron chi connectivity index (χ2n) is 5.63. The van der Waals surface area contributed by atoms with E-state index in [4.69, 9.17) is 0 Å². The third kappa shape index (κ3) is 3.56. The Labute approximate surface area is 116 Å². The lowest BCUT2D eigenvalue weighted by Crippen LogP contribution is -2.52. The summed E-state index contributed by atoms with van der Waals surface area (Å²) in [6, 6.07) is 4.44. The topological polar surface area (TPSA) is 52.5 Å². The Morgan fingerprint density at radius 1 is 1.11 bits per heavy atom. The lowest BCUT2D eigenvalue weighted by Gasteiger charge is -2.34. The van der Waals surface area contributed by atoms with Gasteiger partial charge in [0.15, 0.2) is 0 Å². The van der Waals surface area contributed by atoms with Gasteiger partial charge in [0, 0.05) is 6.04 Å². The highest BCUT2D eigenvalue weighted by atomic mass is 16.3. The van der Waals surface area contributed by atoms with E-state index in [0.29, 0.717) is 6.42 Å². The Morgan fingerprint density at radius 3 is 1.95 bits per heavy atom. The predicted molar refractivity (Wildman–Crippen MR) is 79.4 cm³/mol. The number of aliphatic hydroxyl groups is 2. The minimum absolute atomic E-state index is 0.0612. The van der Waals surface area contributed by atoms with E-state index in [1.165, 1.54) is 22.3 Å². The molecular weight excluding hydrogens is 238 g/mol. The van der Waals surface area contributed by atoms with Crippen molar-refractivity contribution in [2.75, 3.05) is 13.2 Å². The monoisotopic (exact) mass is 265 g/mol. The molecule has 108 valence electrons. The molecule has 3 N–H and O–H groups in total. The van der Waals surface area contributed by atoms with Crippen LogP contribution in [0.25, 0.3) is 0 Å². The number of aliphatic hydroxyl groups excluding tert-OH is 2. The molecule has 3 nitrogen and oxygen atoms in total. The molecule has 0 aliphatic heterocycles. The summed E-state index contributed by atoms with van der Waals surface area (Å²) in [5, 5.41) is 22.5. The molecule has 0 aromatic heterocycles. The first-order valence-electron chi connectivity index (χ1n) is 6.96. The van der Waals surface area contributed by atoms with Crippen LogP contribution in [0.4, 0.5) is 0 Å². The highest BCUT2D eigenvalue weighted by molar-refractivity contribution is 5.39. The van der Waals surface area contributed by atoms with Gasteiger partial charge >= 0.3 is 0 Å². The highest BCUT2D eigenvalue weighted by Gasteiger charge is 2.29. The Morgan fingerprint density at radius 2 is 1.58 bits per heavy atom. The van der Waals surface area contributed by atoms with Gasteiger partial charge in [-0.05, 0) is 50.8 Å². The smallest absolute Gasteiger partial charge is 0.0650 e. The van der Waals surface area contributed by atoms with Crippen molar-refractivity contribution >= 4 is 0 Å². The van der Waals surface area contributed by atoms with Crippen LogP contribution in [0, 0.1) is 20.8 Å². The lowest BCUT2D eigenvalue weighted by atomic mass is 9.91. The van der Waals surface area contributed by atoms with E-state index in [-0.39, 0.29) is 19.3 Å². The third-order valence-corrected chi connectivity index (χ3v) is 3.98. The standard InChI is InChI=1S/C16H27NO2/c1-6-16(9-18,10-19)17-14(5)15-12(3)7-11(2)8-13(15)4/h7-8,14,17-19H,6,9-10H2,1-5H3. The van der Waals surface area contributed by atoms with Crippen molar-refractivity contribution in [1.29, 1.82) is 0 Å². The third-order valence-electron chi connectivity index (χ3n) is 3.98. The quantitative estimate of drug-likeness (QED) is 0.740. The molecule has 1 unspecified atom stereocenters. The maximum absolute atomic E-state index is 9.53. The molecule has 1 aromatic rings. The van der Waals surface area contributed by atoms with Gasteiger partial charge < -0.3 is 15.5 Å². The fraction of sp³-hybridized carbons (Fsp3) is 0.625. The average Bonchev–Trinajstić information content (AvgIpc) is 2.35. The van der Waals surface area contributed by atoms with E-state index < -0.39 is 5.54 Å². The van der Waals surface area contributed by atoms with E-state index in [0.717, 1.165) is 0 Å². The second kappa shape index (κ2) is 6.51. The van der Waals surface area contributed by atoms with E-state index in [1.54, 1.807) is 0 Å². The molecule has 1 atom stereocenters. The largest absolute Gasteiger partial charge is 0.394 e. The molecule has 0 saturated carbocycles. The zero-order valence-corrected chi connectivity index (χ0v) is 12.7. The molecule has 0 spiro atoms. The fourth-order valence-corrected chi connectivity index (χ4v) is 2.87. The second-order valence-corrected chi connectivity index (χ2v) is 5.63. The van der Waals surface area contributed by atoms with Crippen LogP contribution in [0.2, 0.25) is 0 Å². The number of nitrogens with one attached hydrogen (secondary N) is 1. The average molecular weight is 265 g/mol. The molecule has 0 aliphatic rings. The first-order chi connectivity index (χ1) is 8.89. The van der Waals surface area contributed by atoms with Crippen molar-refractivity contribution in [2.45, 2.75) is 52.6 Å². The Balaban J connectivity index is 3.04. The van der Waals surface area contributed by atoms with Gasteiger partial charge in [-0.25, -0.2) is 0 Å². The number of hydrogen-bond donors (Lipinski definition) is 3. The summed E-state index contributed by atoms with van der Waals surface area (Å²) in [6.07, 6.45) is 0.689. The van der Waals surface area contributed by atoms with Crippen LogP contribution < -0.4 is 5.32 Å². The maximum Gasteiger partial charge on any atom is 0.0650 e. The molecule has 0 saturated heterocycles. The Hall–Kier alpha value is -0.900. The van der Waals surface area contributed by atoms with Crippen LogP contribution in [-0.4, -0.2) is 29.0 Å². The lowest BCUT2D eigenvalue weighted by molar-refractivity contribution is 0.0791. The van der Waals surface area contributed by atoms with Gasteiger partial charge in [-0.2, -0.15) is 0 Å². The fourth-order valence-electron chi connectivity index (χ4n) is 2.87. The number of aryl methyl sites for hydroxylation is 3. The van der Waals surface area contributed by atoms with Crippen LogP contribution in [-0.2, 0) is 0 Å². The molecular formula is C16H27NO2. The van der Waals surface area contributed by atoms with Crippen LogP contribution in [0.15, 0.2) is 12.1 Å². The number of rotatable bonds is 6. The van der Waals surface area contributed by atoms with Crippen LogP contribution in [0.3, 0.4) is 0 Å². The van der Waals surface area contributed by atoms with Gasteiger partial charge in [-0.3, -0.25) is 0 Å². The number of benzene rings is 1. The molecule has 19 heavy (non-hydrogen) atoms. The highest BCUT2D eigenvalue weighted by Crippen LogP contribution is 2.25.